The predicted octanol–water partition coefficient (Wildman–Crippen LogP) is 5.30. The molecule has 0 N–H and O–H groups in total. The molecule has 0 aliphatic heterocycles. The maximum atomic E-state index is 12.4. The topological polar surface area (TPSA) is 31.2 Å². The van der Waals surface area contributed by atoms with Crippen molar-refractivity contribution in [3.63, 3.8) is 0 Å². The number of rotatable bonds is 4. The molecule has 1 aromatic heterocycles. The molecule has 0 unspecified atom stereocenters. The second-order valence-electron chi connectivity index (χ2n) is 6.35. The van der Waals surface area contributed by atoms with Crippen molar-refractivity contribution in [2.75, 3.05) is 6.61 Å². The fraction of sp³-hybridized carbons (Fsp3) is 0.526. The number of hydrogen-bond donors (Lipinski definition) is 0. The number of aryl methyl sites for hydroxylation is 1. The quantitative estimate of drug-likeness (QED) is 0.534. The van der Waals surface area contributed by atoms with E-state index in [1.165, 1.54) is 37.7 Å². The van der Waals surface area contributed by atoms with Crippen LogP contribution in [0.25, 0.3) is 10.9 Å². The van der Waals surface area contributed by atoms with Crippen molar-refractivity contribution >= 4 is 32.8 Å². The summed E-state index contributed by atoms with van der Waals surface area (Å²) < 4.78 is 7.39. The van der Waals surface area contributed by atoms with Crippen LogP contribution in [-0.2, 0) is 17.1 Å². The molecule has 1 aliphatic rings. The zero-order chi connectivity index (χ0) is 16.4. The summed E-state index contributed by atoms with van der Waals surface area (Å²) in [5.74, 6) is 0.444. The molecule has 0 atom stereocenters. The Kier molecular flexibility index (Phi) is 5.10. The Labute approximate surface area is 146 Å². The molecule has 2 aromatic rings. The first-order valence-electron chi connectivity index (χ1n) is 8.51. The summed E-state index contributed by atoms with van der Waals surface area (Å²) in [5.41, 5.74) is 4.23. The van der Waals surface area contributed by atoms with Gasteiger partial charge in [0, 0.05) is 29.0 Å². The van der Waals surface area contributed by atoms with Crippen molar-refractivity contribution in [1.82, 2.24) is 4.57 Å². The van der Waals surface area contributed by atoms with Crippen LogP contribution in [-0.4, -0.2) is 17.1 Å². The van der Waals surface area contributed by atoms with Gasteiger partial charge in [-0.2, -0.15) is 0 Å². The Hall–Kier alpha value is -1.29. The molecule has 3 nitrogen and oxygen atoms in total. The van der Waals surface area contributed by atoms with Crippen molar-refractivity contribution in [2.24, 2.45) is 7.05 Å². The van der Waals surface area contributed by atoms with Gasteiger partial charge < -0.3 is 9.30 Å². The molecule has 4 heteroatoms. The second-order valence-corrected chi connectivity index (χ2v) is 6.91. The highest BCUT2D eigenvalue weighted by Crippen LogP contribution is 2.36. The zero-order valence-electron chi connectivity index (χ0n) is 13.9. The number of hydrogen-bond acceptors (Lipinski definition) is 2. The van der Waals surface area contributed by atoms with Crippen molar-refractivity contribution in [1.29, 1.82) is 0 Å². The average Bonchev–Trinajstić information content (AvgIpc) is 2.87. The Morgan fingerprint density at radius 3 is 2.70 bits per heavy atom. The van der Waals surface area contributed by atoms with Gasteiger partial charge in [0.15, 0.2) is 0 Å². The third-order valence-corrected chi connectivity index (χ3v) is 5.56. The number of carbonyl (C=O) groups excluding carboxylic acids is 1. The monoisotopic (exact) mass is 377 g/mol. The smallest absolute Gasteiger partial charge is 0.340 e. The van der Waals surface area contributed by atoms with E-state index in [0.29, 0.717) is 23.4 Å². The number of ether oxygens (including phenoxy) is 1. The second kappa shape index (κ2) is 7.08. The predicted molar refractivity (Wildman–Crippen MR) is 97.3 cm³/mol. The summed E-state index contributed by atoms with van der Waals surface area (Å²) >= 11 is 3.52. The van der Waals surface area contributed by atoms with Gasteiger partial charge in [-0.05, 0) is 37.3 Å². The molecule has 1 fully saturated rings. The van der Waals surface area contributed by atoms with Crippen LogP contribution in [0.2, 0.25) is 0 Å². The summed E-state index contributed by atoms with van der Waals surface area (Å²) in [6, 6.07) is 6.59. The van der Waals surface area contributed by atoms with Gasteiger partial charge in [-0.15, -0.1) is 0 Å². The van der Waals surface area contributed by atoms with Gasteiger partial charge in [0.25, 0.3) is 0 Å². The number of carbonyl (C=O) groups is 1. The highest BCUT2D eigenvalue weighted by molar-refractivity contribution is 9.08. The molecule has 1 heterocycles. The standard InChI is InChI=1S/C19H24BrNO2/c1-3-23-19(22)18-15-10-9-14(13-7-5-4-6-8-13)11-16(15)21(2)17(18)12-20/h9-11,13H,3-8,12H2,1-2H3. The van der Waals surface area contributed by atoms with Crippen LogP contribution in [0.4, 0.5) is 0 Å². The van der Waals surface area contributed by atoms with Gasteiger partial charge in [-0.3, -0.25) is 0 Å². The minimum Gasteiger partial charge on any atom is -0.462 e. The van der Waals surface area contributed by atoms with Crippen molar-refractivity contribution in [2.45, 2.75) is 50.3 Å². The van der Waals surface area contributed by atoms with Gasteiger partial charge in [-0.1, -0.05) is 47.3 Å². The molecule has 0 spiro atoms. The molecule has 1 saturated carbocycles. The van der Waals surface area contributed by atoms with E-state index in [2.05, 4.69) is 38.7 Å². The Bertz CT molecular complexity index is 714. The van der Waals surface area contributed by atoms with Gasteiger partial charge in [-0.25, -0.2) is 4.79 Å². The first-order valence-corrected chi connectivity index (χ1v) is 9.63. The first kappa shape index (κ1) is 16.6. The van der Waals surface area contributed by atoms with Gasteiger partial charge in [0.05, 0.1) is 12.2 Å². The summed E-state index contributed by atoms with van der Waals surface area (Å²) in [5, 5.41) is 1.64. The van der Waals surface area contributed by atoms with Crippen LogP contribution in [0.15, 0.2) is 18.2 Å². The molecule has 0 saturated heterocycles. The summed E-state index contributed by atoms with van der Waals surface area (Å²) in [4.78, 5) is 12.4. The first-order chi connectivity index (χ1) is 11.2. The number of fused-ring (bicyclic) bond motifs is 1. The van der Waals surface area contributed by atoms with Crippen LogP contribution in [0.1, 0.15) is 66.6 Å². The minimum atomic E-state index is -0.224. The highest BCUT2D eigenvalue weighted by atomic mass is 79.9. The zero-order valence-corrected chi connectivity index (χ0v) is 15.5. The van der Waals surface area contributed by atoms with Crippen LogP contribution in [0.3, 0.4) is 0 Å². The maximum absolute atomic E-state index is 12.4. The fourth-order valence-corrected chi connectivity index (χ4v) is 4.44. The Morgan fingerprint density at radius 2 is 2.04 bits per heavy atom. The fourth-order valence-electron chi connectivity index (χ4n) is 3.78. The van der Waals surface area contributed by atoms with E-state index in [9.17, 15) is 4.79 Å². The van der Waals surface area contributed by atoms with Gasteiger partial charge in [0.2, 0.25) is 0 Å². The maximum Gasteiger partial charge on any atom is 0.340 e. The summed E-state index contributed by atoms with van der Waals surface area (Å²) in [7, 11) is 2.03. The number of benzene rings is 1. The van der Waals surface area contributed by atoms with Crippen LogP contribution in [0.5, 0.6) is 0 Å². The van der Waals surface area contributed by atoms with Crippen molar-refractivity contribution in [3.05, 3.63) is 35.0 Å². The van der Waals surface area contributed by atoms with Crippen LogP contribution < -0.4 is 0 Å². The van der Waals surface area contributed by atoms with Crippen LogP contribution in [0, 0.1) is 0 Å². The van der Waals surface area contributed by atoms with Crippen LogP contribution >= 0.6 is 15.9 Å². The molecular formula is C19H24BrNO2. The lowest BCUT2D eigenvalue weighted by atomic mass is 9.84. The van der Waals surface area contributed by atoms with E-state index in [0.717, 1.165) is 16.6 Å². The number of nitrogens with zero attached hydrogens (tertiary/aromatic N) is 1. The molecule has 1 aliphatic carbocycles. The highest BCUT2D eigenvalue weighted by Gasteiger charge is 2.23. The minimum absolute atomic E-state index is 0.224. The molecule has 0 bridgehead atoms. The van der Waals surface area contributed by atoms with Gasteiger partial charge >= 0.3 is 5.97 Å². The third kappa shape index (κ3) is 3.06. The van der Waals surface area contributed by atoms with Crippen molar-refractivity contribution in [3.8, 4) is 0 Å². The Balaban J connectivity index is 2.09. The molecule has 23 heavy (non-hydrogen) atoms. The van der Waals surface area contributed by atoms with E-state index >= 15 is 0 Å². The SMILES string of the molecule is CCOC(=O)c1c(CBr)n(C)c2cc(C3CCCCC3)ccc12. The molecule has 0 amide bonds. The third-order valence-electron chi connectivity index (χ3n) is 5.03. The lowest BCUT2D eigenvalue weighted by Gasteiger charge is -2.22. The van der Waals surface area contributed by atoms with E-state index in [1.54, 1.807) is 0 Å². The lowest BCUT2D eigenvalue weighted by molar-refractivity contribution is 0.0527. The van der Waals surface area contributed by atoms with Gasteiger partial charge in [0.1, 0.15) is 0 Å². The van der Waals surface area contributed by atoms with E-state index in [1.807, 2.05) is 14.0 Å². The normalized spacial score (nSPS) is 16.0. The number of esters is 1. The number of alkyl halides is 1. The average molecular weight is 378 g/mol. The largest absolute Gasteiger partial charge is 0.462 e. The lowest BCUT2D eigenvalue weighted by Crippen LogP contribution is -2.07. The van der Waals surface area contributed by atoms with Crippen molar-refractivity contribution < 1.29 is 9.53 Å². The van der Waals surface area contributed by atoms with E-state index < -0.39 is 0 Å². The molecule has 3 rings (SSSR count). The number of halogens is 1. The summed E-state index contributed by atoms with van der Waals surface area (Å²) in [6.45, 7) is 2.25. The van der Waals surface area contributed by atoms with E-state index in [-0.39, 0.29) is 5.97 Å². The molecule has 1 aromatic carbocycles. The van der Waals surface area contributed by atoms with E-state index in [4.69, 9.17) is 4.74 Å². The number of aromatic nitrogens is 1. The molecule has 124 valence electrons. The summed E-state index contributed by atoms with van der Waals surface area (Å²) in [6.07, 6.45) is 6.59. The Morgan fingerprint density at radius 1 is 1.30 bits per heavy atom. The molecular weight excluding hydrogens is 354 g/mol. The molecule has 0 radical (unpaired) electrons.